The number of aliphatic hydroxyl groups excluding tert-OH is 1. The molecule has 1 aliphatic rings. The Kier molecular flexibility index (Phi) is 6.36. The molecule has 0 bridgehead atoms. The average Bonchev–Trinajstić information content (AvgIpc) is 3.41. The number of ketones is 1. The number of benzene rings is 2. The first kappa shape index (κ1) is 22.4. The van der Waals surface area contributed by atoms with Gasteiger partial charge in [-0.15, -0.1) is 0 Å². The van der Waals surface area contributed by atoms with Gasteiger partial charge in [-0.3, -0.25) is 19.7 Å². The summed E-state index contributed by atoms with van der Waals surface area (Å²) in [5.41, 5.74) is 0.728. The highest BCUT2D eigenvalue weighted by atomic mass is 79.9. The van der Waals surface area contributed by atoms with Crippen LogP contribution < -0.4 is 0 Å². The Morgan fingerprint density at radius 2 is 1.85 bits per heavy atom. The number of aryl methyl sites for hydroxylation is 1. The number of aliphatic hydroxyl groups is 1. The molecule has 1 aliphatic heterocycles. The van der Waals surface area contributed by atoms with Crippen LogP contribution in [0.25, 0.3) is 5.76 Å². The van der Waals surface area contributed by atoms with Gasteiger partial charge in [0.05, 0.1) is 16.5 Å². The first-order chi connectivity index (χ1) is 15.9. The number of halogens is 1. The number of rotatable bonds is 7. The molecule has 0 saturated carbocycles. The van der Waals surface area contributed by atoms with Gasteiger partial charge in [0.1, 0.15) is 11.6 Å². The van der Waals surface area contributed by atoms with E-state index < -0.39 is 22.7 Å². The molecule has 9 nitrogen and oxygen atoms in total. The monoisotopic (exact) mass is 510 g/mol. The zero-order valence-electron chi connectivity index (χ0n) is 17.3. The lowest BCUT2D eigenvalue weighted by molar-refractivity contribution is -0.384. The smallest absolute Gasteiger partial charge is 0.295 e. The molecule has 1 unspecified atom stereocenters. The molecule has 1 aromatic heterocycles. The van der Waals surface area contributed by atoms with Gasteiger partial charge in [0, 0.05) is 47.5 Å². The summed E-state index contributed by atoms with van der Waals surface area (Å²) in [5, 5.41) is 22.1. The van der Waals surface area contributed by atoms with Gasteiger partial charge in [-0.2, -0.15) is 0 Å². The summed E-state index contributed by atoms with van der Waals surface area (Å²) in [7, 11) is 0. The molecule has 1 saturated heterocycles. The molecule has 0 spiro atoms. The second kappa shape index (κ2) is 9.37. The molecule has 10 heteroatoms. The zero-order valence-corrected chi connectivity index (χ0v) is 18.9. The number of nitrogens with zero attached hydrogens (tertiary/aromatic N) is 3. The van der Waals surface area contributed by atoms with Crippen molar-refractivity contribution in [2.45, 2.75) is 18.9 Å². The van der Waals surface area contributed by atoms with Crippen LogP contribution in [0.1, 0.15) is 29.4 Å². The van der Waals surface area contributed by atoms with E-state index in [1.807, 2.05) is 0 Å². The molecule has 2 N–H and O–H groups in total. The van der Waals surface area contributed by atoms with Gasteiger partial charge in [0.2, 0.25) is 0 Å². The summed E-state index contributed by atoms with van der Waals surface area (Å²) in [6.07, 6.45) is 4.44. The number of amides is 1. The summed E-state index contributed by atoms with van der Waals surface area (Å²) in [6, 6.07) is 11.5. The normalized spacial score (nSPS) is 17.5. The number of H-pyrrole nitrogens is 1. The Balaban J connectivity index is 1.74. The fourth-order valence-electron chi connectivity index (χ4n) is 3.85. The molecule has 168 valence electrons. The second-order valence-electron chi connectivity index (χ2n) is 7.49. The van der Waals surface area contributed by atoms with Gasteiger partial charge in [0.15, 0.2) is 0 Å². The molecule has 2 heterocycles. The minimum atomic E-state index is -0.869. The molecule has 0 radical (unpaired) electrons. The van der Waals surface area contributed by atoms with Crippen LogP contribution in [-0.2, 0) is 16.0 Å². The molecule has 4 rings (SSSR count). The highest BCUT2D eigenvalue weighted by molar-refractivity contribution is 9.10. The van der Waals surface area contributed by atoms with Crippen LogP contribution in [0.15, 0.2) is 71.0 Å². The number of nitrogens with one attached hydrogen (secondary N) is 1. The Morgan fingerprint density at radius 1 is 1.15 bits per heavy atom. The van der Waals surface area contributed by atoms with Crippen molar-refractivity contribution in [1.29, 1.82) is 0 Å². The number of aromatic nitrogens is 2. The summed E-state index contributed by atoms with van der Waals surface area (Å²) < 4.78 is 0.796. The number of hydrogen-bond acceptors (Lipinski definition) is 6. The van der Waals surface area contributed by atoms with E-state index in [2.05, 4.69) is 25.9 Å². The van der Waals surface area contributed by atoms with Crippen LogP contribution in [0.4, 0.5) is 5.69 Å². The van der Waals surface area contributed by atoms with Crippen LogP contribution in [0.2, 0.25) is 0 Å². The van der Waals surface area contributed by atoms with Crippen LogP contribution in [0.5, 0.6) is 0 Å². The molecule has 0 aliphatic carbocycles. The zero-order chi connectivity index (χ0) is 23.5. The Morgan fingerprint density at radius 3 is 2.45 bits per heavy atom. The molecule has 2 aromatic carbocycles. The van der Waals surface area contributed by atoms with E-state index in [9.17, 15) is 24.8 Å². The van der Waals surface area contributed by atoms with Gasteiger partial charge >= 0.3 is 0 Å². The van der Waals surface area contributed by atoms with Crippen molar-refractivity contribution in [3.63, 3.8) is 0 Å². The minimum absolute atomic E-state index is 0.0471. The molecule has 1 atom stereocenters. The Bertz CT molecular complexity index is 1220. The highest BCUT2D eigenvalue weighted by Crippen LogP contribution is 2.40. The van der Waals surface area contributed by atoms with E-state index in [1.54, 1.807) is 36.7 Å². The number of carbonyl (C=O) groups excluding carboxylic acids is 2. The number of likely N-dealkylation sites (tertiary alicyclic amines) is 1. The standard InChI is InChI=1S/C23H19BrN4O5/c24-16-7-3-15(4-8-16)21(29)19-20(14-5-9-17(10-6-14)28(32)33)27(23(31)22(19)30)13-1-2-18-25-11-12-26-18/h3-12,20,29H,1-2,13H2,(H,25,26)/b21-19+. The topological polar surface area (TPSA) is 129 Å². The SMILES string of the molecule is O=C1C(=O)N(CCCc2ncc[nH]2)C(c2ccc([N+](=O)[O-])cc2)/C1=C(\O)c1ccc(Br)cc1. The van der Waals surface area contributed by atoms with Crippen molar-refractivity contribution in [3.8, 4) is 0 Å². The van der Waals surface area contributed by atoms with Crippen molar-refractivity contribution in [1.82, 2.24) is 14.9 Å². The van der Waals surface area contributed by atoms with Crippen LogP contribution >= 0.6 is 15.9 Å². The Hall–Kier alpha value is -3.79. The van der Waals surface area contributed by atoms with E-state index in [-0.39, 0.29) is 23.6 Å². The molecule has 1 fully saturated rings. The number of Topliss-reactive ketones (excluding diaryl/α,β-unsaturated/α-hetero) is 1. The fraction of sp³-hybridized carbons (Fsp3) is 0.174. The van der Waals surface area contributed by atoms with Gasteiger partial charge in [0.25, 0.3) is 17.4 Å². The maximum Gasteiger partial charge on any atom is 0.295 e. The molecular formula is C23H19BrN4O5. The number of nitro groups is 1. The molecule has 33 heavy (non-hydrogen) atoms. The van der Waals surface area contributed by atoms with Crippen LogP contribution in [-0.4, -0.2) is 43.1 Å². The fourth-order valence-corrected chi connectivity index (χ4v) is 4.11. The summed E-state index contributed by atoms with van der Waals surface area (Å²) in [4.78, 5) is 45.1. The van der Waals surface area contributed by atoms with Crippen molar-refractivity contribution in [3.05, 3.63) is 98.0 Å². The van der Waals surface area contributed by atoms with Gasteiger partial charge in [-0.1, -0.05) is 28.1 Å². The largest absolute Gasteiger partial charge is 0.507 e. The lowest BCUT2D eigenvalue weighted by atomic mass is 9.95. The van der Waals surface area contributed by atoms with E-state index >= 15 is 0 Å². The predicted octanol–water partition coefficient (Wildman–Crippen LogP) is 4.13. The quantitative estimate of drug-likeness (QED) is 0.161. The summed E-state index contributed by atoms with van der Waals surface area (Å²) >= 11 is 3.33. The summed E-state index contributed by atoms with van der Waals surface area (Å²) in [6.45, 7) is 0.240. The minimum Gasteiger partial charge on any atom is -0.507 e. The third kappa shape index (κ3) is 4.56. The van der Waals surface area contributed by atoms with Crippen LogP contribution in [0.3, 0.4) is 0 Å². The van der Waals surface area contributed by atoms with Gasteiger partial charge in [-0.05, 0) is 36.2 Å². The molecular weight excluding hydrogens is 492 g/mol. The number of nitro benzene ring substituents is 1. The highest BCUT2D eigenvalue weighted by Gasteiger charge is 2.45. The van der Waals surface area contributed by atoms with Crippen molar-refractivity contribution >= 4 is 39.1 Å². The van der Waals surface area contributed by atoms with Gasteiger partial charge < -0.3 is 15.0 Å². The number of imidazole rings is 1. The predicted molar refractivity (Wildman–Crippen MR) is 123 cm³/mol. The number of carbonyl (C=O) groups is 2. The van der Waals surface area contributed by atoms with E-state index in [0.29, 0.717) is 24.0 Å². The molecule has 3 aromatic rings. The van der Waals surface area contributed by atoms with Crippen molar-refractivity contribution < 1.29 is 19.6 Å². The molecule has 1 amide bonds. The third-order valence-corrected chi connectivity index (χ3v) is 5.97. The van der Waals surface area contributed by atoms with E-state index in [0.717, 1.165) is 10.3 Å². The number of non-ortho nitro benzene ring substituents is 1. The second-order valence-corrected chi connectivity index (χ2v) is 8.40. The maximum absolute atomic E-state index is 13.0. The summed E-state index contributed by atoms with van der Waals surface area (Å²) in [5.74, 6) is -1.06. The first-order valence-electron chi connectivity index (χ1n) is 10.1. The van der Waals surface area contributed by atoms with Gasteiger partial charge in [-0.25, -0.2) is 4.98 Å². The lowest BCUT2D eigenvalue weighted by Gasteiger charge is -2.25. The third-order valence-electron chi connectivity index (χ3n) is 5.44. The number of aromatic amines is 1. The number of hydrogen-bond donors (Lipinski definition) is 2. The van der Waals surface area contributed by atoms with Crippen LogP contribution in [0, 0.1) is 10.1 Å². The average molecular weight is 511 g/mol. The Labute approximate surface area is 197 Å². The van der Waals surface area contributed by atoms with Crippen molar-refractivity contribution in [2.75, 3.05) is 6.54 Å². The first-order valence-corrected chi connectivity index (χ1v) is 10.9. The van der Waals surface area contributed by atoms with E-state index in [4.69, 9.17) is 0 Å². The van der Waals surface area contributed by atoms with Crippen molar-refractivity contribution in [2.24, 2.45) is 0 Å². The maximum atomic E-state index is 13.0. The van der Waals surface area contributed by atoms with E-state index in [1.165, 1.54) is 29.2 Å². The lowest BCUT2D eigenvalue weighted by Crippen LogP contribution is -2.31.